The fraction of sp³-hybridized carbons (Fsp3) is 0.158. The largest absolute Gasteiger partial charge is 0.324 e. The summed E-state index contributed by atoms with van der Waals surface area (Å²) in [5, 5.41) is 7.79. The smallest absolute Gasteiger partial charge is 0.226 e. The Bertz CT molecular complexity index is 925. The first-order chi connectivity index (χ1) is 11.6. The third kappa shape index (κ3) is 2.65. The van der Waals surface area contributed by atoms with E-state index in [1.165, 1.54) is 16.7 Å². The van der Waals surface area contributed by atoms with Crippen LogP contribution in [0.5, 0.6) is 0 Å². The van der Waals surface area contributed by atoms with Crippen LogP contribution in [0.15, 0.2) is 59.3 Å². The number of nitrogens with zero attached hydrogens (tertiary/aromatic N) is 3. The van der Waals surface area contributed by atoms with Crippen LogP contribution in [0, 0.1) is 13.8 Å². The van der Waals surface area contributed by atoms with Crippen LogP contribution in [0.1, 0.15) is 28.3 Å². The fourth-order valence-corrected chi connectivity index (χ4v) is 3.37. The van der Waals surface area contributed by atoms with Gasteiger partial charge in [-0.15, -0.1) is 0 Å². The van der Waals surface area contributed by atoms with Gasteiger partial charge in [0.1, 0.15) is 12.4 Å². The van der Waals surface area contributed by atoms with Gasteiger partial charge in [0, 0.05) is 10.2 Å². The van der Waals surface area contributed by atoms with Gasteiger partial charge in [0.15, 0.2) is 0 Å². The predicted octanol–water partition coefficient (Wildman–Crippen LogP) is 4.71. The Balaban J connectivity index is 1.83. The highest BCUT2D eigenvalue weighted by Gasteiger charge is 2.24. The summed E-state index contributed by atoms with van der Waals surface area (Å²) in [7, 11) is 0. The van der Waals surface area contributed by atoms with E-state index in [9.17, 15) is 0 Å². The maximum atomic E-state index is 4.41. The Morgan fingerprint density at radius 2 is 1.88 bits per heavy atom. The zero-order valence-electron chi connectivity index (χ0n) is 13.5. The average molecular weight is 381 g/mol. The number of aromatic nitrogens is 3. The number of fused-ring (bicyclic) bond motifs is 1. The first kappa shape index (κ1) is 15.1. The van der Waals surface area contributed by atoms with E-state index in [2.05, 4.69) is 81.6 Å². The highest BCUT2D eigenvalue weighted by Crippen LogP contribution is 2.33. The number of halogens is 1. The number of benzene rings is 2. The van der Waals surface area contributed by atoms with Crippen molar-refractivity contribution in [3.63, 3.8) is 0 Å². The van der Waals surface area contributed by atoms with E-state index in [1.807, 2.05) is 16.8 Å². The minimum absolute atomic E-state index is 0.0306. The molecule has 3 aromatic rings. The summed E-state index contributed by atoms with van der Waals surface area (Å²) < 4.78 is 3.00. The Labute approximate surface area is 149 Å². The Hall–Kier alpha value is -2.40. The van der Waals surface area contributed by atoms with Crippen LogP contribution in [-0.4, -0.2) is 14.8 Å². The van der Waals surface area contributed by atoms with Gasteiger partial charge < -0.3 is 5.32 Å². The van der Waals surface area contributed by atoms with Crippen LogP contribution in [0.25, 0.3) is 5.70 Å². The molecule has 1 aromatic heterocycles. The maximum Gasteiger partial charge on any atom is 0.226 e. The molecule has 0 aliphatic carbocycles. The molecule has 0 fully saturated rings. The van der Waals surface area contributed by atoms with Gasteiger partial charge in [-0.3, -0.25) is 0 Å². The van der Waals surface area contributed by atoms with Gasteiger partial charge >= 0.3 is 0 Å². The van der Waals surface area contributed by atoms with Crippen molar-refractivity contribution in [2.45, 2.75) is 19.9 Å². The van der Waals surface area contributed by atoms with Gasteiger partial charge in [-0.2, -0.15) is 10.1 Å². The first-order valence-electron chi connectivity index (χ1n) is 7.83. The van der Waals surface area contributed by atoms with Crippen molar-refractivity contribution in [2.75, 3.05) is 5.32 Å². The second-order valence-corrected chi connectivity index (χ2v) is 6.96. The molecule has 2 heterocycles. The molecule has 4 rings (SSSR count). The molecule has 0 radical (unpaired) electrons. The van der Waals surface area contributed by atoms with E-state index < -0.39 is 0 Å². The molecule has 1 unspecified atom stereocenters. The van der Waals surface area contributed by atoms with Crippen molar-refractivity contribution >= 4 is 27.6 Å². The highest BCUT2D eigenvalue weighted by molar-refractivity contribution is 9.10. The average Bonchev–Trinajstić information content (AvgIpc) is 3.03. The summed E-state index contributed by atoms with van der Waals surface area (Å²) >= 11 is 3.49. The lowest BCUT2D eigenvalue weighted by Gasteiger charge is -2.25. The quantitative estimate of drug-likeness (QED) is 0.699. The molecule has 0 amide bonds. The zero-order valence-corrected chi connectivity index (χ0v) is 15.1. The maximum absolute atomic E-state index is 4.41. The van der Waals surface area contributed by atoms with Gasteiger partial charge in [0.2, 0.25) is 5.95 Å². The van der Waals surface area contributed by atoms with Crippen molar-refractivity contribution in [1.29, 1.82) is 0 Å². The molecule has 120 valence electrons. The molecular formula is C19H17BrN4. The minimum atomic E-state index is 0.0306. The Morgan fingerprint density at radius 3 is 2.62 bits per heavy atom. The molecule has 1 atom stereocenters. The van der Waals surface area contributed by atoms with Crippen molar-refractivity contribution in [1.82, 2.24) is 14.8 Å². The number of hydrogen-bond acceptors (Lipinski definition) is 3. The molecular weight excluding hydrogens is 364 g/mol. The van der Waals surface area contributed by atoms with E-state index in [1.54, 1.807) is 6.33 Å². The van der Waals surface area contributed by atoms with Gasteiger partial charge in [-0.05, 0) is 48.7 Å². The summed E-state index contributed by atoms with van der Waals surface area (Å²) in [5.74, 6) is 0.764. The van der Waals surface area contributed by atoms with Crippen LogP contribution in [0.4, 0.5) is 5.95 Å². The number of nitrogens with one attached hydrogen (secondary N) is 1. The zero-order chi connectivity index (χ0) is 16.7. The highest BCUT2D eigenvalue weighted by atomic mass is 79.9. The van der Waals surface area contributed by atoms with E-state index in [-0.39, 0.29) is 6.04 Å². The number of hydrogen-bond donors (Lipinski definition) is 1. The molecule has 4 nitrogen and oxygen atoms in total. The summed E-state index contributed by atoms with van der Waals surface area (Å²) in [6, 6.07) is 14.8. The molecule has 1 aliphatic heterocycles. The Kier molecular flexibility index (Phi) is 3.73. The van der Waals surface area contributed by atoms with E-state index >= 15 is 0 Å². The molecule has 0 saturated carbocycles. The first-order valence-corrected chi connectivity index (χ1v) is 8.62. The Morgan fingerprint density at radius 1 is 1.08 bits per heavy atom. The third-order valence-electron chi connectivity index (χ3n) is 4.31. The molecule has 5 heteroatoms. The summed E-state index contributed by atoms with van der Waals surface area (Å²) in [6.07, 6.45) is 3.81. The number of rotatable bonds is 2. The molecule has 2 aromatic carbocycles. The lowest BCUT2D eigenvalue weighted by Crippen LogP contribution is -2.20. The van der Waals surface area contributed by atoms with E-state index in [0.717, 1.165) is 21.7 Å². The second kappa shape index (κ2) is 5.91. The van der Waals surface area contributed by atoms with Gasteiger partial charge in [-0.1, -0.05) is 51.8 Å². The summed E-state index contributed by atoms with van der Waals surface area (Å²) in [4.78, 5) is 4.36. The molecule has 1 aliphatic rings. The fourth-order valence-electron chi connectivity index (χ4n) is 3.11. The van der Waals surface area contributed by atoms with Crippen molar-refractivity contribution in [3.8, 4) is 0 Å². The summed E-state index contributed by atoms with van der Waals surface area (Å²) in [5.41, 5.74) is 5.94. The topological polar surface area (TPSA) is 42.7 Å². The number of anilines is 1. The number of aryl methyl sites for hydroxylation is 2. The SMILES string of the molecule is Cc1ccc(C2C=C(c3ccc(Br)cc3)Nc3ncnn32)c(C)c1. The molecule has 24 heavy (non-hydrogen) atoms. The normalized spacial score (nSPS) is 16.3. The lowest BCUT2D eigenvalue weighted by atomic mass is 9.96. The van der Waals surface area contributed by atoms with Crippen molar-refractivity contribution < 1.29 is 0 Å². The monoisotopic (exact) mass is 380 g/mol. The van der Waals surface area contributed by atoms with Gasteiger partial charge in [-0.25, -0.2) is 4.68 Å². The van der Waals surface area contributed by atoms with Gasteiger partial charge in [0.25, 0.3) is 0 Å². The van der Waals surface area contributed by atoms with E-state index in [4.69, 9.17) is 0 Å². The summed E-state index contributed by atoms with van der Waals surface area (Å²) in [6.45, 7) is 4.26. The molecule has 0 spiro atoms. The van der Waals surface area contributed by atoms with Crippen LogP contribution in [-0.2, 0) is 0 Å². The number of allylic oxidation sites excluding steroid dienone is 1. The molecule has 0 bridgehead atoms. The van der Waals surface area contributed by atoms with Crippen LogP contribution in [0.2, 0.25) is 0 Å². The predicted molar refractivity (Wildman–Crippen MR) is 99.8 cm³/mol. The minimum Gasteiger partial charge on any atom is -0.324 e. The van der Waals surface area contributed by atoms with Gasteiger partial charge in [0.05, 0.1) is 0 Å². The van der Waals surface area contributed by atoms with Crippen molar-refractivity contribution in [3.05, 3.63) is 81.6 Å². The van der Waals surface area contributed by atoms with Crippen LogP contribution >= 0.6 is 15.9 Å². The third-order valence-corrected chi connectivity index (χ3v) is 4.84. The standard InChI is InChI=1S/C19H17BrN4/c1-12-3-8-16(13(2)9-12)18-10-17(14-4-6-15(20)7-5-14)23-19-21-11-22-24(18)19/h3-11,18H,1-2H3,(H,21,22,23). The van der Waals surface area contributed by atoms with E-state index in [0.29, 0.717) is 0 Å². The van der Waals surface area contributed by atoms with Crippen molar-refractivity contribution in [2.24, 2.45) is 0 Å². The molecule has 1 N–H and O–H groups in total. The van der Waals surface area contributed by atoms with Crippen LogP contribution < -0.4 is 5.32 Å². The van der Waals surface area contributed by atoms with Crippen LogP contribution in [0.3, 0.4) is 0 Å². The lowest BCUT2D eigenvalue weighted by molar-refractivity contribution is 0.609. The molecule has 0 saturated heterocycles. The second-order valence-electron chi connectivity index (χ2n) is 6.05.